The predicted molar refractivity (Wildman–Crippen MR) is 108 cm³/mol. The second kappa shape index (κ2) is 10.5. The fourth-order valence-corrected chi connectivity index (χ4v) is 3.99. The largest absolute Gasteiger partial charge is 0.357 e. The maximum absolute atomic E-state index is 12.5. The van der Waals surface area contributed by atoms with Crippen molar-refractivity contribution in [1.82, 2.24) is 20.5 Å². The van der Waals surface area contributed by atoms with Crippen molar-refractivity contribution in [3.8, 4) is 0 Å². The van der Waals surface area contributed by atoms with Crippen LogP contribution in [0.25, 0.3) is 0 Å². The van der Waals surface area contributed by atoms with Crippen LogP contribution in [0.15, 0.2) is 11.2 Å². The van der Waals surface area contributed by atoms with Gasteiger partial charge in [-0.2, -0.15) is 0 Å². The van der Waals surface area contributed by atoms with Crippen molar-refractivity contribution in [3.05, 3.63) is 16.1 Å². The quantitative estimate of drug-likeness (QED) is 0.564. The average molecular weight is 380 g/mol. The van der Waals surface area contributed by atoms with Crippen LogP contribution in [0.2, 0.25) is 0 Å². The van der Waals surface area contributed by atoms with Gasteiger partial charge in [0.2, 0.25) is 5.91 Å². The van der Waals surface area contributed by atoms with Crippen molar-refractivity contribution in [2.75, 3.05) is 19.6 Å². The third-order valence-electron chi connectivity index (χ3n) is 4.87. The standard InChI is InChI=1S/C19H33N5OS/c1-5-15(6-2)18(25)24-10-8-16(9-11-24)23-19(20-7-3)22-13-17-21-12-14(4)26-17/h12,15-16H,5-11,13H2,1-4H3,(H2,20,22,23). The Balaban J connectivity index is 1.85. The molecule has 0 radical (unpaired) electrons. The van der Waals surface area contributed by atoms with E-state index in [1.165, 1.54) is 4.88 Å². The number of aliphatic imine (C=N–C) groups is 1. The Labute approximate surface area is 161 Å². The molecule has 1 amide bonds. The summed E-state index contributed by atoms with van der Waals surface area (Å²) in [5, 5.41) is 7.87. The van der Waals surface area contributed by atoms with Crippen LogP contribution in [0.1, 0.15) is 56.3 Å². The molecule has 2 heterocycles. The number of carbonyl (C=O) groups excluding carboxylic acids is 1. The summed E-state index contributed by atoms with van der Waals surface area (Å²) in [4.78, 5) is 24.8. The van der Waals surface area contributed by atoms with Gasteiger partial charge in [-0.1, -0.05) is 13.8 Å². The minimum atomic E-state index is 0.181. The number of hydrogen-bond acceptors (Lipinski definition) is 4. The van der Waals surface area contributed by atoms with Gasteiger partial charge in [0.1, 0.15) is 5.01 Å². The maximum Gasteiger partial charge on any atom is 0.225 e. The first-order valence-corrected chi connectivity index (χ1v) is 10.6. The number of carbonyl (C=O) groups is 1. The molecule has 1 saturated heterocycles. The molecule has 7 heteroatoms. The molecular formula is C19H33N5OS. The monoisotopic (exact) mass is 379 g/mol. The first-order valence-electron chi connectivity index (χ1n) is 9.82. The lowest BCUT2D eigenvalue weighted by molar-refractivity contribution is -0.136. The van der Waals surface area contributed by atoms with E-state index in [-0.39, 0.29) is 5.92 Å². The number of aromatic nitrogens is 1. The van der Waals surface area contributed by atoms with E-state index in [1.54, 1.807) is 11.3 Å². The molecule has 0 unspecified atom stereocenters. The smallest absolute Gasteiger partial charge is 0.225 e. The van der Waals surface area contributed by atoms with Crippen molar-refractivity contribution in [2.45, 2.75) is 66.0 Å². The Kier molecular flexibility index (Phi) is 8.35. The zero-order chi connectivity index (χ0) is 18.9. The number of rotatable bonds is 7. The number of aryl methyl sites for hydroxylation is 1. The summed E-state index contributed by atoms with van der Waals surface area (Å²) in [5.74, 6) is 1.35. The number of amides is 1. The zero-order valence-electron chi connectivity index (χ0n) is 16.5. The second-order valence-corrected chi connectivity index (χ2v) is 8.14. The zero-order valence-corrected chi connectivity index (χ0v) is 17.4. The maximum atomic E-state index is 12.5. The molecule has 0 aliphatic carbocycles. The highest BCUT2D eigenvalue weighted by Gasteiger charge is 2.26. The fourth-order valence-electron chi connectivity index (χ4n) is 3.27. The summed E-state index contributed by atoms with van der Waals surface area (Å²) in [6.45, 7) is 11.4. The molecule has 6 nitrogen and oxygen atoms in total. The van der Waals surface area contributed by atoms with Gasteiger partial charge in [0, 0.05) is 42.7 Å². The van der Waals surface area contributed by atoms with Gasteiger partial charge in [-0.25, -0.2) is 9.98 Å². The number of nitrogens with one attached hydrogen (secondary N) is 2. The van der Waals surface area contributed by atoms with Crippen LogP contribution in [-0.2, 0) is 11.3 Å². The number of nitrogens with zero attached hydrogens (tertiary/aromatic N) is 3. The van der Waals surface area contributed by atoms with E-state index >= 15 is 0 Å². The summed E-state index contributed by atoms with van der Waals surface area (Å²) in [6.07, 6.45) is 5.68. The number of piperidine rings is 1. The molecular weight excluding hydrogens is 346 g/mol. The van der Waals surface area contributed by atoms with Crippen LogP contribution >= 0.6 is 11.3 Å². The third-order valence-corrected chi connectivity index (χ3v) is 5.77. The van der Waals surface area contributed by atoms with Crippen molar-refractivity contribution >= 4 is 23.2 Å². The van der Waals surface area contributed by atoms with Crippen molar-refractivity contribution < 1.29 is 4.79 Å². The van der Waals surface area contributed by atoms with E-state index < -0.39 is 0 Å². The highest BCUT2D eigenvalue weighted by Crippen LogP contribution is 2.17. The van der Waals surface area contributed by atoms with Gasteiger partial charge < -0.3 is 15.5 Å². The SMILES string of the molecule is CCNC(=NCc1ncc(C)s1)NC1CCN(C(=O)C(CC)CC)CC1. The van der Waals surface area contributed by atoms with E-state index in [0.29, 0.717) is 18.5 Å². The van der Waals surface area contributed by atoms with Crippen LogP contribution < -0.4 is 10.6 Å². The molecule has 2 N–H and O–H groups in total. The average Bonchev–Trinajstić information content (AvgIpc) is 3.07. The summed E-state index contributed by atoms with van der Waals surface area (Å²) in [5.41, 5.74) is 0. The Morgan fingerprint density at radius 2 is 2.04 bits per heavy atom. The Hall–Kier alpha value is -1.63. The van der Waals surface area contributed by atoms with E-state index in [2.05, 4.69) is 48.3 Å². The van der Waals surface area contributed by atoms with Gasteiger partial charge in [0.15, 0.2) is 5.96 Å². The topological polar surface area (TPSA) is 69.6 Å². The van der Waals surface area contributed by atoms with Crippen molar-refractivity contribution in [1.29, 1.82) is 0 Å². The van der Waals surface area contributed by atoms with Crippen LogP contribution in [0.5, 0.6) is 0 Å². The molecule has 0 aromatic carbocycles. The molecule has 1 fully saturated rings. The minimum Gasteiger partial charge on any atom is -0.357 e. The molecule has 1 aromatic heterocycles. The second-order valence-electron chi connectivity index (χ2n) is 6.82. The summed E-state index contributed by atoms with van der Waals surface area (Å²) >= 11 is 1.69. The minimum absolute atomic E-state index is 0.181. The molecule has 0 bridgehead atoms. The van der Waals surface area contributed by atoms with Gasteiger partial charge in [-0.05, 0) is 39.5 Å². The molecule has 0 atom stereocenters. The number of guanidine groups is 1. The van der Waals surface area contributed by atoms with Gasteiger partial charge in [-0.15, -0.1) is 11.3 Å². The Morgan fingerprint density at radius 1 is 1.35 bits per heavy atom. The first kappa shape index (κ1) is 20.7. The summed E-state index contributed by atoms with van der Waals surface area (Å²) in [6, 6.07) is 0.358. The van der Waals surface area contributed by atoms with Crippen molar-refractivity contribution in [3.63, 3.8) is 0 Å². The lowest BCUT2D eigenvalue weighted by Crippen LogP contribution is -2.50. The van der Waals surface area contributed by atoms with Gasteiger partial charge in [-0.3, -0.25) is 4.79 Å². The Morgan fingerprint density at radius 3 is 2.58 bits per heavy atom. The molecule has 0 spiro atoms. The normalized spacial score (nSPS) is 16.2. The van der Waals surface area contributed by atoms with E-state index in [4.69, 9.17) is 0 Å². The number of likely N-dealkylation sites (tertiary alicyclic amines) is 1. The summed E-state index contributed by atoms with van der Waals surface area (Å²) < 4.78 is 0. The van der Waals surface area contributed by atoms with Gasteiger partial charge in [0.25, 0.3) is 0 Å². The third kappa shape index (κ3) is 5.97. The molecule has 1 aromatic rings. The summed E-state index contributed by atoms with van der Waals surface area (Å²) in [7, 11) is 0. The fraction of sp³-hybridized carbons (Fsp3) is 0.737. The van der Waals surface area contributed by atoms with Crippen LogP contribution in [0, 0.1) is 12.8 Å². The van der Waals surface area contributed by atoms with Crippen LogP contribution in [0.3, 0.4) is 0 Å². The van der Waals surface area contributed by atoms with E-state index in [1.807, 2.05) is 11.1 Å². The lowest BCUT2D eigenvalue weighted by Gasteiger charge is -2.34. The lowest BCUT2D eigenvalue weighted by atomic mass is 9.98. The number of hydrogen-bond donors (Lipinski definition) is 2. The van der Waals surface area contributed by atoms with Gasteiger partial charge in [0.05, 0.1) is 6.54 Å². The Bertz CT molecular complexity index is 589. The predicted octanol–water partition coefficient (Wildman–Crippen LogP) is 2.93. The van der Waals surface area contributed by atoms with Crippen LogP contribution in [-0.4, -0.2) is 47.4 Å². The van der Waals surface area contributed by atoms with Crippen molar-refractivity contribution in [2.24, 2.45) is 10.9 Å². The highest BCUT2D eigenvalue weighted by atomic mass is 32.1. The van der Waals surface area contributed by atoms with Gasteiger partial charge >= 0.3 is 0 Å². The molecule has 146 valence electrons. The van der Waals surface area contributed by atoms with E-state index in [9.17, 15) is 4.79 Å². The molecule has 0 saturated carbocycles. The molecule has 1 aliphatic rings. The molecule has 26 heavy (non-hydrogen) atoms. The van der Waals surface area contributed by atoms with Crippen LogP contribution in [0.4, 0.5) is 0 Å². The highest BCUT2D eigenvalue weighted by molar-refractivity contribution is 7.11. The van der Waals surface area contributed by atoms with E-state index in [0.717, 1.165) is 56.3 Å². The first-order chi connectivity index (χ1) is 12.6. The molecule has 1 aliphatic heterocycles. The number of thiazole rings is 1. The molecule has 2 rings (SSSR count).